The topological polar surface area (TPSA) is 97.3 Å². The third kappa shape index (κ3) is 11.9. The molecule has 56 heavy (non-hydrogen) atoms. The SMILES string of the molecule is CC[C@H]1CN2CCC1C[C@H]2[C@H](Oc1nnc(OCCOCCOCCOCCCCCCCCCCCS)c2ccccc12)c1ccnc2ccc(OC)cc12. The van der Waals surface area contributed by atoms with Crippen LogP contribution in [0.3, 0.4) is 0 Å². The summed E-state index contributed by atoms with van der Waals surface area (Å²) >= 11 is 4.28. The number of methoxy groups -OCH3 is 1. The van der Waals surface area contributed by atoms with Gasteiger partial charge >= 0.3 is 0 Å². The lowest BCUT2D eigenvalue weighted by atomic mass is 9.72. The van der Waals surface area contributed by atoms with Crippen LogP contribution in [-0.4, -0.2) is 98.3 Å². The maximum Gasteiger partial charge on any atom is 0.242 e. The van der Waals surface area contributed by atoms with Crippen LogP contribution < -0.4 is 14.2 Å². The number of fused-ring (bicyclic) bond motifs is 5. The average Bonchev–Trinajstić information content (AvgIpc) is 3.25. The van der Waals surface area contributed by atoms with Crippen LogP contribution in [0.1, 0.15) is 95.6 Å². The number of nitrogens with zero attached hydrogens (tertiary/aromatic N) is 4. The van der Waals surface area contributed by atoms with E-state index in [9.17, 15) is 0 Å². The highest BCUT2D eigenvalue weighted by atomic mass is 32.1. The molecule has 3 fully saturated rings. The molecule has 11 heteroatoms. The van der Waals surface area contributed by atoms with Gasteiger partial charge in [0.25, 0.3) is 0 Å². The standard InChI is InChI=1S/C45H64N4O6S/c1-3-34-33-49-22-20-35(34)31-42(49)43(37-19-21-46-41-18-17-36(50-2)32-40(37)41)55-45-39-16-12-11-15-38(39)44(47-48-45)54-29-28-53-27-26-52-25-24-51-23-13-9-7-5-4-6-8-10-14-30-56/h11-12,15-19,21,32,34-35,42-43,56H,3-10,13-14,20,22-31,33H2,1-2H3/t34-,35?,42-,43+/m0/s1. The van der Waals surface area contributed by atoms with Crippen molar-refractivity contribution in [1.29, 1.82) is 0 Å². The summed E-state index contributed by atoms with van der Waals surface area (Å²) in [6.07, 6.45) is 16.8. The Balaban J connectivity index is 0.967. The minimum Gasteiger partial charge on any atom is -0.497 e. The zero-order chi connectivity index (χ0) is 38.8. The molecular formula is C45H64N4O6S. The molecule has 3 saturated heterocycles. The molecule has 4 aromatic rings. The van der Waals surface area contributed by atoms with Gasteiger partial charge in [0.1, 0.15) is 18.5 Å². The van der Waals surface area contributed by atoms with Crippen molar-refractivity contribution in [3.8, 4) is 17.5 Å². The number of benzene rings is 2. The monoisotopic (exact) mass is 788 g/mol. The van der Waals surface area contributed by atoms with Crippen molar-refractivity contribution >= 4 is 34.3 Å². The summed E-state index contributed by atoms with van der Waals surface area (Å²) in [7, 11) is 1.70. The van der Waals surface area contributed by atoms with Crippen LogP contribution in [0.25, 0.3) is 21.7 Å². The lowest BCUT2D eigenvalue weighted by Crippen LogP contribution is -2.56. The normalized spacial score (nSPS) is 19.8. The summed E-state index contributed by atoms with van der Waals surface area (Å²) < 4.78 is 36.0. The third-order valence-corrected chi connectivity index (χ3v) is 11.9. The van der Waals surface area contributed by atoms with Crippen molar-refractivity contribution in [2.45, 2.75) is 96.1 Å². The fourth-order valence-corrected chi connectivity index (χ4v) is 8.71. The Bertz CT molecular complexity index is 1750. The number of piperidine rings is 3. The highest BCUT2D eigenvalue weighted by Gasteiger charge is 2.44. The van der Waals surface area contributed by atoms with E-state index in [4.69, 9.17) is 28.4 Å². The van der Waals surface area contributed by atoms with E-state index in [1.165, 1.54) is 64.2 Å². The van der Waals surface area contributed by atoms with Crippen molar-refractivity contribution in [1.82, 2.24) is 20.1 Å². The van der Waals surface area contributed by atoms with E-state index in [0.717, 1.165) is 77.2 Å². The first-order valence-electron chi connectivity index (χ1n) is 21.3. The molecule has 0 spiro atoms. The maximum atomic E-state index is 7.07. The summed E-state index contributed by atoms with van der Waals surface area (Å²) in [4.78, 5) is 7.32. The minimum absolute atomic E-state index is 0.200. The predicted molar refractivity (Wildman–Crippen MR) is 226 cm³/mol. The van der Waals surface area contributed by atoms with Crippen molar-refractivity contribution < 1.29 is 28.4 Å². The molecule has 7 rings (SSSR count). The molecule has 5 atom stereocenters. The molecule has 5 heterocycles. The summed E-state index contributed by atoms with van der Waals surface area (Å²) in [6.45, 7) is 8.28. The summed E-state index contributed by atoms with van der Waals surface area (Å²) in [5.41, 5.74) is 2.00. The molecule has 306 valence electrons. The third-order valence-electron chi connectivity index (χ3n) is 11.6. The molecule has 10 nitrogen and oxygen atoms in total. The van der Waals surface area contributed by atoms with Crippen LogP contribution in [0.15, 0.2) is 54.7 Å². The van der Waals surface area contributed by atoms with E-state index in [1.54, 1.807) is 7.11 Å². The molecular weight excluding hydrogens is 725 g/mol. The first-order valence-corrected chi connectivity index (χ1v) is 21.9. The molecule has 3 aliphatic heterocycles. The highest BCUT2D eigenvalue weighted by Crippen LogP contribution is 2.45. The molecule has 0 saturated carbocycles. The lowest BCUT2D eigenvalue weighted by Gasteiger charge is -2.51. The van der Waals surface area contributed by atoms with Crippen molar-refractivity contribution in [3.05, 3.63) is 60.3 Å². The van der Waals surface area contributed by atoms with E-state index in [1.807, 2.05) is 42.6 Å². The maximum absolute atomic E-state index is 7.07. The fraction of sp³-hybridized carbons (Fsp3) is 0.622. The number of thiol groups is 1. The van der Waals surface area contributed by atoms with Crippen molar-refractivity contribution in [3.63, 3.8) is 0 Å². The van der Waals surface area contributed by atoms with Crippen LogP contribution in [0.5, 0.6) is 17.5 Å². The zero-order valence-electron chi connectivity index (χ0n) is 33.7. The van der Waals surface area contributed by atoms with Gasteiger partial charge in [-0.1, -0.05) is 70.4 Å². The Morgan fingerprint density at radius 2 is 1.41 bits per heavy atom. The number of hydrogen-bond donors (Lipinski definition) is 1. The first-order chi connectivity index (χ1) is 27.7. The number of unbranched alkanes of at least 4 members (excludes halogenated alkanes) is 8. The van der Waals surface area contributed by atoms with Crippen LogP contribution in [0.4, 0.5) is 0 Å². The Labute approximate surface area is 339 Å². The van der Waals surface area contributed by atoms with Crippen LogP contribution in [0, 0.1) is 11.8 Å². The van der Waals surface area contributed by atoms with Gasteiger partial charge in [0.05, 0.1) is 62.5 Å². The van der Waals surface area contributed by atoms with Gasteiger partial charge in [-0.05, 0) is 86.2 Å². The molecule has 0 N–H and O–H groups in total. The number of aromatic nitrogens is 3. The van der Waals surface area contributed by atoms with E-state index in [2.05, 4.69) is 51.8 Å². The number of hydrogen-bond acceptors (Lipinski definition) is 11. The van der Waals surface area contributed by atoms with Gasteiger partial charge in [0.15, 0.2) is 0 Å². The molecule has 3 aliphatic rings. The van der Waals surface area contributed by atoms with Crippen molar-refractivity contribution in [2.24, 2.45) is 11.8 Å². The van der Waals surface area contributed by atoms with Gasteiger partial charge in [-0.2, -0.15) is 12.6 Å². The second-order valence-electron chi connectivity index (χ2n) is 15.3. The molecule has 0 aliphatic carbocycles. The molecule has 0 amide bonds. The Morgan fingerprint density at radius 1 is 0.750 bits per heavy atom. The fourth-order valence-electron chi connectivity index (χ4n) is 8.49. The quantitative estimate of drug-likeness (QED) is 0.0465. The second-order valence-corrected chi connectivity index (χ2v) is 15.7. The van der Waals surface area contributed by atoms with E-state index in [0.29, 0.717) is 57.3 Å². The summed E-state index contributed by atoms with van der Waals surface area (Å²) in [6, 6.07) is 16.4. The minimum atomic E-state index is -0.275. The van der Waals surface area contributed by atoms with E-state index >= 15 is 0 Å². The lowest BCUT2D eigenvalue weighted by molar-refractivity contribution is -0.0491. The van der Waals surface area contributed by atoms with Crippen LogP contribution in [-0.2, 0) is 14.2 Å². The Morgan fingerprint density at radius 3 is 2.09 bits per heavy atom. The van der Waals surface area contributed by atoms with Gasteiger partial charge in [-0.15, -0.1) is 10.2 Å². The predicted octanol–water partition coefficient (Wildman–Crippen LogP) is 9.30. The van der Waals surface area contributed by atoms with Crippen LogP contribution in [0.2, 0.25) is 0 Å². The Kier molecular flexibility index (Phi) is 17.6. The van der Waals surface area contributed by atoms with Gasteiger partial charge in [-0.3, -0.25) is 9.88 Å². The number of ether oxygens (including phenoxy) is 6. The molecule has 0 radical (unpaired) electrons. The second kappa shape index (κ2) is 23.3. The van der Waals surface area contributed by atoms with E-state index < -0.39 is 0 Å². The van der Waals surface area contributed by atoms with Crippen LogP contribution >= 0.6 is 12.6 Å². The number of pyridine rings is 1. The Hall–Kier alpha value is -3.22. The number of rotatable bonds is 27. The molecule has 2 bridgehead atoms. The largest absolute Gasteiger partial charge is 0.497 e. The summed E-state index contributed by atoms with van der Waals surface area (Å²) in [5, 5.41) is 11.9. The molecule has 2 unspecified atom stereocenters. The van der Waals surface area contributed by atoms with Gasteiger partial charge < -0.3 is 28.4 Å². The molecule has 2 aromatic heterocycles. The van der Waals surface area contributed by atoms with Crippen molar-refractivity contribution in [2.75, 3.05) is 72.2 Å². The smallest absolute Gasteiger partial charge is 0.242 e. The molecule has 2 aromatic carbocycles. The van der Waals surface area contributed by atoms with Gasteiger partial charge in [0, 0.05) is 30.3 Å². The average molecular weight is 789 g/mol. The van der Waals surface area contributed by atoms with Gasteiger partial charge in [0.2, 0.25) is 11.8 Å². The highest BCUT2D eigenvalue weighted by molar-refractivity contribution is 7.80. The summed E-state index contributed by atoms with van der Waals surface area (Å²) in [5.74, 6) is 4.19. The van der Waals surface area contributed by atoms with Gasteiger partial charge in [-0.25, -0.2) is 0 Å². The first kappa shape index (κ1) is 42.4. The zero-order valence-corrected chi connectivity index (χ0v) is 34.6. The van der Waals surface area contributed by atoms with E-state index in [-0.39, 0.29) is 12.1 Å².